The van der Waals surface area contributed by atoms with Crippen LogP contribution < -0.4 is 10.6 Å². The Morgan fingerprint density at radius 1 is 1.39 bits per heavy atom. The molecule has 0 aliphatic heterocycles. The van der Waals surface area contributed by atoms with Gasteiger partial charge >= 0.3 is 6.03 Å². The predicted molar refractivity (Wildman–Crippen MR) is 86.7 cm³/mol. The van der Waals surface area contributed by atoms with Gasteiger partial charge in [0.1, 0.15) is 5.82 Å². The molecule has 0 spiro atoms. The molecule has 1 atom stereocenters. The normalized spacial score (nSPS) is 16.0. The Labute approximate surface area is 135 Å². The SMILES string of the molecule is Cc1cnccc1CCNC(=O)NC1CCc2c(F)cccc21. The number of hydrogen-bond acceptors (Lipinski definition) is 2. The van der Waals surface area contributed by atoms with Crippen LogP contribution in [0.25, 0.3) is 0 Å². The van der Waals surface area contributed by atoms with Crippen LogP contribution in [0.15, 0.2) is 36.7 Å². The lowest BCUT2D eigenvalue weighted by atomic mass is 10.1. The van der Waals surface area contributed by atoms with E-state index in [9.17, 15) is 9.18 Å². The fourth-order valence-corrected chi connectivity index (χ4v) is 3.06. The first kappa shape index (κ1) is 15.5. The Bertz CT molecular complexity index is 717. The molecule has 2 aromatic rings. The quantitative estimate of drug-likeness (QED) is 0.911. The van der Waals surface area contributed by atoms with E-state index in [-0.39, 0.29) is 17.9 Å². The number of nitrogens with one attached hydrogen (secondary N) is 2. The standard InChI is InChI=1S/C18H20FN3O/c1-12-11-20-9-7-13(12)8-10-21-18(23)22-17-6-5-14-15(17)3-2-4-16(14)19/h2-4,7,9,11,17H,5-6,8,10H2,1H3,(H2,21,22,23). The van der Waals surface area contributed by atoms with Gasteiger partial charge in [-0.25, -0.2) is 9.18 Å². The number of amides is 2. The number of aromatic nitrogens is 1. The molecular formula is C18H20FN3O. The Hall–Kier alpha value is -2.43. The molecule has 0 fully saturated rings. The summed E-state index contributed by atoms with van der Waals surface area (Å²) in [6.45, 7) is 2.56. The summed E-state index contributed by atoms with van der Waals surface area (Å²) in [4.78, 5) is 16.1. The molecule has 2 amide bonds. The number of urea groups is 1. The Morgan fingerprint density at radius 2 is 2.26 bits per heavy atom. The molecule has 120 valence electrons. The average Bonchev–Trinajstić information content (AvgIpc) is 2.94. The van der Waals surface area contributed by atoms with Crippen molar-refractivity contribution in [3.63, 3.8) is 0 Å². The van der Waals surface area contributed by atoms with E-state index in [0.717, 1.165) is 29.5 Å². The molecule has 2 N–H and O–H groups in total. The van der Waals surface area contributed by atoms with E-state index in [1.165, 1.54) is 11.6 Å². The van der Waals surface area contributed by atoms with Crippen molar-refractivity contribution in [2.24, 2.45) is 0 Å². The third-order valence-corrected chi connectivity index (χ3v) is 4.34. The maximum atomic E-state index is 13.7. The van der Waals surface area contributed by atoms with E-state index in [1.807, 2.05) is 25.3 Å². The number of fused-ring (bicyclic) bond motifs is 1. The molecule has 0 bridgehead atoms. The largest absolute Gasteiger partial charge is 0.338 e. The first-order valence-corrected chi connectivity index (χ1v) is 7.86. The second kappa shape index (κ2) is 6.77. The molecule has 4 nitrogen and oxygen atoms in total. The van der Waals surface area contributed by atoms with Crippen molar-refractivity contribution in [1.29, 1.82) is 0 Å². The molecule has 3 rings (SSSR count). The van der Waals surface area contributed by atoms with Gasteiger partial charge in [-0.1, -0.05) is 12.1 Å². The van der Waals surface area contributed by atoms with Gasteiger partial charge in [0.25, 0.3) is 0 Å². The summed E-state index contributed by atoms with van der Waals surface area (Å²) in [5, 5.41) is 5.80. The lowest BCUT2D eigenvalue weighted by Gasteiger charge is -2.15. The number of halogens is 1. The van der Waals surface area contributed by atoms with Gasteiger partial charge in [-0.3, -0.25) is 4.98 Å². The Morgan fingerprint density at radius 3 is 3.09 bits per heavy atom. The highest BCUT2D eigenvalue weighted by atomic mass is 19.1. The van der Waals surface area contributed by atoms with Crippen LogP contribution in [0.3, 0.4) is 0 Å². The van der Waals surface area contributed by atoms with Crippen molar-refractivity contribution in [1.82, 2.24) is 15.6 Å². The van der Waals surface area contributed by atoms with Crippen molar-refractivity contribution in [3.05, 3.63) is 64.7 Å². The van der Waals surface area contributed by atoms with Gasteiger partial charge in [0.2, 0.25) is 0 Å². The van der Waals surface area contributed by atoms with Crippen LogP contribution in [0.2, 0.25) is 0 Å². The summed E-state index contributed by atoms with van der Waals surface area (Å²) >= 11 is 0. The monoisotopic (exact) mass is 313 g/mol. The van der Waals surface area contributed by atoms with Gasteiger partial charge in [-0.05, 0) is 60.6 Å². The minimum absolute atomic E-state index is 0.108. The molecule has 1 unspecified atom stereocenters. The highest BCUT2D eigenvalue weighted by Crippen LogP contribution is 2.32. The zero-order valence-electron chi connectivity index (χ0n) is 13.1. The molecule has 0 radical (unpaired) electrons. The number of rotatable bonds is 4. The van der Waals surface area contributed by atoms with E-state index >= 15 is 0 Å². The first-order chi connectivity index (χ1) is 11.1. The zero-order chi connectivity index (χ0) is 16.2. The number of pyridine rings is 1. The van der Waals surface area contributed by atoms with E-state index in [0.29, 0.717) is 13.0 Å². The smallest absolute Gasteiger partial charge is 0.315 e. The molecule has 23 heavy (non-hydrogen) atoms. The second-order valence-corrected chi connectivity index (χ2v) is 5.85. The highest BCUT2D eigenvalue weighted by molar-refractivity contribution is 5.74. The van der Waals surface area contributed by atoms with Crippen molar-refractivity contribution >= 4 is 6.03 Å². The van der Waals surface area contributed by atoms with Crippen LogP contribution in [0.4, 0.5) is 9.18 Å². The molecule has 1 aliphatic rings. The van der Waals surface area contributed by atoms with E-state index in [2.05, 4.69) is 15.6 Å². The molecule has 1 heterocycles. The third kappa shape index (κ3) is 3.50. The molecule has 1 aliphatic carbocycles. The molecular weight excluding hydrogens is 293 g/mol. The van der Waals surface area contributed by atoms with Gasteiger partial charge in [-0.2, -0.15) is 0 Å². The molecule has 1 aromatic heterocycles. The predicted octanol–water partition coefficient (Wildman–Crippen LogP) is 3.06. The molecule has 5 heteroatoms. The van der Waals surface area contributed by atoms with E-state index in [1.54, 1.807) is 12.3 Å². The van der Waals surface area contributed by atoms with Gasteiger partial charge in [0, 0.05) is 18.9 Å². The van der Waals surface area contributed by atoms with Crippen LogP contribution in [0.5, 0.6) is 0 Å². The van der Waals surface area contributed by atoms with Gasteiger partial charge in [-0.15, -0.1) is 0 Å². The van der Waals surface area contributed by atoms with Crippen molar-refractivity contribution in [3.8, 4) is 0 Å². The number of benzene rings is 1. The Kier molecular flexibility index (Phi) is 4.55. The fourth-order valence-electron chi connectivity index (χ4n) is 3.06. The summed E-state index contributed by atoms with van der Waals surface area (Å²) in [6.07, 6.45) is 5.75. The minimum Gasteiger partial charge on any atom is -0.338 e. The number of carbonyl (C=O) groups is 1. The van der Waals surface area contributed by atoms with Gasteiger partial charge < -0.3 is 10.6 Å². The van der Waals surface area contributed by atoms with Gasteiger partial charge in [0.15, 0.2) is 0 Å². The van der Waals surface area contributed by atoms with Crippen molar-refractivity contribution in [2.45, 2.75) is 32.2 Å². The third-order valence-electron chi connectivity index (χ3n) is 4.34. The summed E-state index contributed by atoms with van der Waals surface area (Å²) in [5.74, 6) is -0.180. The van der Waals surface area contributed by atoms with Crippen LogP contribution >= 0.6 is 0 Å². The molecule has 1 aromatic carbocycles. The molecule has 0 saturated carbocycles. The van der Waals surface area contributed by atoms with Crippen LogP contribution in [0, 0.1) is 12.7 Å². The Balaban J connectivity index is 1.52. The lowest BCUT2D eigenvalue weighted by molar-refractivity contribution is 0.237. The summed E-state index contributed by atoms with van der Waals surface area (Å²) in [6, 6.07) is 6.69. The zero-order valence-corrected chi connectivity index (χ0v) is 13.1. The highest BCUT2D eigenvalue weighted by Gasteiger charge is 2.25. The number of nitrogens with zero attached hydrogens (tertiary/aromatic N) is 1. The maximum Gasteiger partial charge on any atom is 0.315 e. The summed E-state index contributed by atoms with van der Waals surface area (Å²) < 4.78 is 13.7. The second-order valence-electron chi connectivity index (χ2n) is 5.85. The van der Waals surface area contributed by atoms with Crippen LogP contribution in [-0.2, 0) is 12.8 Å². The van der Waals surface area contributed by atoms with Crippen molar-refractivity contribution < 1.29 is 9.18 Å². The average molecular weight is 313 g/mol. The summed E-state index contributed by atoms with van der Waals surface area (Å²) in [5.41, 5.74) is 3.92. The fraction of sp³-hybridized carbons (Fsp3) is 0.333. The van der Waals surface area contributed by atoms with E-state index < -0.39 is 0 Å². The van der Waals surface area contributed by atoms with E-state index in [4.69, 9.17) is 0 Å². The molecule has 0 saturated heterocycles. The topological polar surface area (TPSA) is 54.0 Å². The summed E-state index contributed by atoms with van der Waals surface area (Å²) in [7, 11) is 0. The maximum absolute atomic E-state index is 13.7. The number of carbonyl (C=O) groups excluding carboxylic acids is 1. The minimum atomic E-state index is -0.209. The lowest BCUT2D eigenvalue weighted by Crippen LogP contribution is -2.38. The first-order valence-electron chi connectivity index (χ1n) is 7.86. The number of aryl methyl sites for hydroxylation is 1. The number of hydrogen-bond donors (Lipinski definition) is 2. The van der Waals surface area contributed by atoms with Crippen LogP contribution in [-0.4, -0.2) is 17.6 Å². The van der Waals surface area contributed by atoms with Crippen LogP contribution in [0.1, 0.15) is 34.7 Å². The van der Waals surface area contributed by atoms with Crippen molar-refractivity contribution in [2.75, 3.05) is 6.54 Å². The van der Waals surface area contributed by atoms with Gasteiger partial charge in [0.05, 0.1) is 6.04 Å².